The fraction of sp³-hybridized carbons (Fsp3) is 0.292. The number of rotatable bonds is 7. The second kappa shape index (κ2) is 9.19. The second-order valence-corrected chi connectivity index (χ2v) is 9.49. The summed E-state index contributed by atoms with van der Waals surface area (Å²) in [6, 6.07) is 13.4. The zero-order chi connectivity index (χ0) is 24.5. The van der Waals surface area contributed by atoms with Crippen LogP contribution in [-0.2, 0) is 22.3 Å². The van der Waals surface area contributed by atoms with Crippen molar-refractivity contribution in [1.29, 1.82) is 0 Å². The predicted octanol–water partition coefficient (Wildman–Crippen LogP) is 5.10. The molecule has 1 saturated heterocycles. The van der Waals surface area contributed by atoms with Crippen LogP contribution in [0.1, 0.15) is 25.0 Å². The number of nitrogens with one attached hydrogen (secondary N) is 1. The van der Waals surface area contributed by atoms with Gasteiger partial charge >= 0.3 is 6.18 Å². The lowest BCUT2D eigenvalue weighted by Crippen LogP contribution is -2.51. The summed E-state index contributed by atoms with van der Waals surface area (Å²) in [6.07, 6.45) is -2.56. The Morgan fingerprint density at radius 2 is 1.97 bits per heavy atom. The van der Waals surface area contributed by atoms with Gasteiger partial charge in [-0.05, 0) is 49.7 Å². The Labute approximate surface area is 199 Å². The summed E-state index contributed by atoms with van der Waals surface area (Å²) >= 11 is 0.909. The molecule has 6 nitrogen and oxygen atoms in total. The number of carbonyl (C=O) groups excluding carboxylic acids is 2. The van der Waals surface area contributed by atoms with Crippen LogP contribution in [0.4, 0.5) is 29.7 Å². The lowest BCUT2D eigenvalue weighted by atomic mass is 9.91. The number of alkyl halides is 3. The van der Waals surface area contributed by atoms with Gasteiger partial charge in [-0.3, -0.25) is 14.5 Å². The van der Waals surface area contributed by atoms with Crippen LogP contribution in [0.3, 0.4) is 0 Å². The van der Waals surface area contributed by atoms with Gasteiger partial charge in [-0.15, -0.1) is 11.3 Å². The molecule has 0 spiro atoms. The SMILES string of the molecule is CC1(C)C(C(=O)C=O)N(c2cc(C(F)(F)F)cs2)CN1Cc1ccnc(Nc2ccccc2)c1. The topological polar surface area (TPSA) is 65.5 Å². The number of Topliss-reactive ketones (excluding diaryl/α,β-unsaturated/α-hetero) is 1. The van der Waals surface area contributed by atoms with Crippen molar-refractivity contribution in [1.82, 2.24) is 9.88 Å². The Morgan fingerprint density at radius 1 is 1.24 bits per heavy atom. The minimum Gasteiger partial charge on any atom is -0.340 e. The number of hydrogen-bond donors (Lipinski definition) is 1. The van der Waals surface area contributed by atoms with Crippen LogP contribution in [0, 0.1) is 0 Å². The summed E-state index contributed by atoms with van der Waals surface area (Å²) in [5.74, 6) is -0.0261. The van der Waals surface area contributed by atoms with Gasteiger partial charge in [0.05, 0.1) is 17.2 Å². The summed E-state index contributed by atoms with van der Waals surface area (Å²) in [7, 11) is 0. The molecule has 1 atom stereocenters. The summed E-state index contributed by atoms with van der Waals surface area (Å²) in [6.45, 7) is 4.25. The smallest absolute Gasteiger partial charge is 0.340 e. The summed E-state index contributed by atoms with van der Waals surface area (Å²) in [5.41, 5.74) is 0.209. The summed E-state index contributed by atoms with van der Waals surface area (Å²) in [5, 5.41) is 4.55. The van der Waals surface area contributed by atoms with Gasteiger partial charge < -0.3 is 10.2 Å². The van der Waals surface area contributed by atoms with E-state index in [-0.39, 0.29) is 13.0 Å². The highest BCUT2D eigenvalue weighted by Crippen LogP contribution is 2.42. The van der Waals surface area contributed by atoms with Gasteiger partial charge in [-0.2, -0.15) is 13.2 Å². The zero-order valence-corrected chi connectivity index (χ0v) is 19.4. The first-order valence-corrected chi connectivity index (χ1v) is 11.4. The van der Waals surface area contributed by atoms with Gasteiger partial charge in [0.25, 0.3) is 0 Å². The number of ketones is 1. The Balaban J connectivity index is 1.60. The van der Waals surface area contributed by atoms with Crippen molar-refractivity contribution >= 4 is 39.9 Å². The third kappa shape index (κ3) is 4.83. The fourth-order valence-electron chi connectivity index (χ4n) is 4.17. The average Bonchev–Trinajstić information content (AvgIpc) is 3.38. The van der Waals surface area contributed by atoms with E-state index >= 15 is 0 Å². The van der Waals surface area contributed by atoms with E-state index in [9.17, 15) is 22.8 Å². The van der Waals surface area contributed by atoms with Crippen LogP contribution in [0.25, 0.3) is 0 Å². The van der Waals surface area contributed by atoms with Crippen LogP contribution >= 0.6 is 11.3 Å². The van der Waals surface area contributed by atoms with Gasteiger partial charge in [0.15, 0.2) is 6.29 Å². The maximum absolute atomic E-state index is 13.2. The molecule has 1 aliphatic heterocycles. The van der Waals surface area contributed by atoms with E-state index in [2.05, 4.69) is 10.3 Å². The molecule has 2 aromatic heterocycles. The Bertz CT molecular complexity index is 1180. The third-order valence-electron chi connectivity index (χ3n) is 5.94. The molecule has 10 heteroatoms. The van der Waals surface area contributed by atoms with E-state index in [1.54, 1.807) is 11.1 Å². The first kappa shape index (κ1) is 23.9. The summed E-state index contributed by atoms with van der Waals surface area (Å²) in [4.78, 5) is 31.9. The van der Waals surface area contributed by atoms with Crippen molar-refractivity contribution in [2.75, 3.05) is 16.9 Å². The highest BCUT2D eigenvalue weighted by atomic mass is 32.1. The number of aromatic nitrogens is 1. The Morgan fingerprint density at radius 3 is 2.62 bits per heavy atom. The molecule has 0 bridgehead atoms. The quantitative estimate of drug-likeness (QED) is 0.369. The predicted molar refractivity (Wildman–Crippen MR) is 125 cm³/mol. The molecule has 0 aliphatic carbocycles. The number of aldehydes is 1. The monoisotopic (exact) mass is 488 g/mol. The van der Waals surface area contributed by atoms with Gasteiger partial charge in [-0.1, -0.05) is 18.2 Å². The fourth-order valence-corrected chi connectivity index (χ4v) is 5.12. The first-order chi connectivity index (χ1) is 16.1. The molecule has 0 saturated carbocycles. The molecular weight excluding hydrogens is 465 g/mol. The van der Waals surface area contributed by atoms with E-state index < -0.39 is 29.1 Å². The number of anilines is 3. The molecule has 178 valence electrons. The molecule has 3 aromatic rings. The van der Waals surface area contributed by atoms with Crippen LogP contribution in [-0.4, -0.2) is 40.2 Å². The lowest BCUT2D eigenvalue weighted by Gasteiger charge is -2.34. The number of benzene rings is 1. The minimum atomic E-state index is -4.48. The van der Waals surface area contributed by atoms with Gasteiger partial charge in [-0.25, -0.2) is 4.98 Å². The van der Waals surface area contributed by atoms with E-state index in [0.717, 1.165) is 34.0 Å². The van der Waals surface area contributed by atoms with E-state index in [1.807, 2.05) is 61.2 Å². The third-order valence-corrected chi connectivity index (χ3v) is 6.91. The molecule has 3 heterocycles. The first-order valence-electron chi connectivity index (χ1n) is 10.5. The number of hydrogen-bond acceptors (Lipinski definition) is 7. The maximum Gasteiger partial charge on any atom is 0.417 e. The second-order valence-electron chi connectivity index (χ2n) is 8.60. The van der Waals surface area contributed by atoms with Gasteiger partial charge in [0.2, 0.25) is 5.78 Å². The van der Waals surface area contributed by atoms with Crippen LogP contribution < -0.4 is 10.2 Å². The van der Waals surface area contributed by atoms with Crippen molar-refractivity contribution < 1.29 is 22.8 Å². The molecule has 34 heavy (non-hydrogen) atoms. The molecule has 1 fully saturated rings. The Hall–Kier alpha value is -3.24. The molecule has 1 aliphatic rings. The number of nitrogens with zero attached hydrogens (tertiary/aromatic N) is 3. The average molecular weight is 489 g/mol. The zero-order valence-electron chi connectivity index (χ0n) is 18.5. The van der Waals surface area contributed by atoms with Crippen LogP contribution in [0.2, 0.25) is 0 Å². The number of carbonyl (C=O) groups is 2. The number of thiophene rings is 1. The van der Waals surface area contributed by atoms with Crippen molar-refractivity contribution in [2.45, 2.75) is 38.1 Å². The standard InChI is InChI=1S/C24H23F3N4O2S/c1-23(2)22(19(33)13-32)31(21-11-17(14-34-21)24(25,26)27)15-30(23)12-16-8-9-28-20(10-16)29-18-6-4-3-5-7-18/h3-11,13-14,22H,12,15H2,1-2H3,(H,28,29). The summed E-state index contributed by atoms with van der Waals surface area (Å²) < 4.78 is 39.5. The van der Waals surface area contributed by atoms with Crippen molar-refractivity contribution in [2.24, 2.45) is 0 Å². The normalized spacial score (nSPS) is 18.1. The molecule has 4 rings (SSSR count). The molecule has 0 amide bonds. The molecule has 0 radical (unpaired) electrons. The van der Waals surface area contributed by atoms with Crippen LogP contribution in [0.15, 0.2) is 60.1 Å². The van der Waals surface area contributed by atoms with Crippen molar-refractivity contribution in [3.63, 3.8) is 0 Å². The maximum atomic E-state index is 13.2. The molecule has 1 aromatic carbocycles. The largest absolute Gasteiger partial charge is 0.417 e. The van der Waals surface area contributed by atoms with E-state index in [1.165, 1.54) is 0 Å². The lowest BCUT2D eigenvalue weighted by molar-refractivity contribution is -0.137. The van der Waals surface area contributed by atoms with Crippen molar-refractivity contribution in [3.8, 4) is 0 Å². The van der Waals surface area contributed by atoms with E-state index in [4.69, 9.17) is 0 Å². The van der Waals surface area contributed by atoms with Gasteiger partial charge in [0.1, 0.15) is 11.9 Å². The van der Waals surface area contributed by atoms with Gasteiger partial charge in [0, 0.05) is 29.3 Å². The molecular formula is C24H23F3N4O2S. The minimum absolute atomic E-state index is 0.193. The number of pyridine rings is 1. The number of para-hydroxylation sites is 1. The molecule has 1 unspecified atom stereocenters. The Kier molecular flexibility index (Phi) is 6.46. The number of halogens is 3. The van der Waals surface area contributed by atoms with Crippen LogP contribution in [0.5, 0.6) is 0 Å². The van der Waals surface area contributed by atoms with E-state index in [0.29, 0.717) is 17.4 Å². The van der Waals surface area contributed by atoms with Crippen molar-refractivity contribution in [3.05, 3.63) is 71.2 Å². The highest BCUT2D eigenvalue weighted by molar-refractivity contribution is 7.14. The highest BCUT2D eigenvalue weighted by Gasteiger charge is 2.50. The molecule has 1 N–H and O–H groups in total.